The fourth-order valence-electron chi connectivity index (χ4n) is 2.59. The van der Waals surface area contributed by atoms with Gasteiger partial charge in [-0.15, -0.1) is 0 Å². The molecule has 0 saturated carbocycles. The molecule has 3 atom stereocenters. The van der Waals surface area contributed by atoms with Gasteiger partial charge in [0.25, 0.3) is 11.9 Å². The third kappa shape index (κ3) is 7.81. The zero-order valence-electron chi connectivity index (χ0n) is 15.6. The molecule has 3 unspecified atom stereocenters. The van der Waals surface area contributed by atoms with Gasteiger partial charge in [-0.1, -0.05) is 18.2 Å². The van der Waals surface area contributed by atoms with Gasteiger partial charge in [0.1, 0.15) is 12.3 Å². The summed E-state index contributed by atoms with van der Waals surface area (Å²) in [6, 6.07) is 8.25. The van der Waals surface area contributed by atoms with Crippen molar-refractivity contribution < 1.29 is 35.4 Å². The standard InChI is InChI=1S/C19H25N3O7/c23-15(9-16(24)22-18(26)12-5-2-1-3-6-12)17(25)14-11-20-13(10-21-14)7-4-8-19(27,28)29/h1-3,5-6,10-11,15-17,23-25,27-29H,4,7-9H2,(H,22,26). The highest BCUT2D eigenvalue weighted by molar-refractivity contribution is 5.94. The molecule has 1 amide bonds. The van der Waals surface area contributed by atoms with Gasteiger partial charge in [-0.3, -0.25) is 14.8 Å². The SMILES string of the molecule is O=C(NC(O)CC(O)C(O)c1cnc(CCCC(O)(O)O)cn1)c1ccccc1. The predicted octanol–water partition coefficient (Wildman–Crippen LogP) is -1.04. The molecule has 2 aromatic rings. The second-order valence-electron chi connectivity index (χ2n) is 6.66. The van der Waals surface area contributed by atoms with Gasteiger partial charge in [-0.25, -0.2) is 0 Å². The molecule has 0 aliphatic carbocycles. The highest BCUT2D eigenvalue weighted by Crippen LogP contribution is 2.18. The van der Waals surface area contributed by atoms with Crippen LogP contribution in [0.5, 0.6) is 0 Å². The van der Waals surface area contributed by atoms with Gasteiger partial charge in [0, 0.05) is 24.6 Å². The molecule has 1 aromatic carbocycles. The fourth-order valence-corrected chi connectivity index (χ4v) is 2.59. The van der Waals surface area contributed by atoms with Gasteiger partial charge in [0.05, 0.1) is 23.7 Å². The van der Waals surface area contributed by atoms with Gasteiger partial charge in [-0.05, 0) is 25.0 Å². The van der Waals surface area contributed by atoms with E-state index in [1.165, 1.54) is 12.4 Å². The number of aryl methyl sites for hydroxylation is 1. The topological polar surface area (TPSA) is 176 Å². The van der Waals surface area contributed by atoms with E-state index in [-0.39, 0.29) is 25.0 Å². The van der Waals surface area contributed by atoms with Gasteiger partial charge in [0.15, 0.2) is 0 Å². The third-order valence-electron chi connectivity index (χ3n) is 4.14. The van der Waals surface area contributed by atoms with Crippen molar-refractivity contribution in [1.29, 1.82) is 0 Å². The molecule has 1 heterocycles. The quantitative estimate of drug-likeness (QED) is 0.243. The number of carbonyl (C=O) groups excluding carboxylic acids is 1. The maximum atomic E-state index is 12.0. The predicted molar refractivity (Wildman–Crippen MR) is 99.9 cm³/mol. The minimum atomic E-state index is -2.73. The molecular formula is C19H25N3O7. The number of aromatic nitrogens is 2. The van der Waals surface area contributed by atoms with Crippen LogP contribution in [0.15, 0.2) is 42.7 Å². The number of aliphatic hydroxyl groups excluding tert-OH is 3. The molecule has 158 valence electrons. The third-order valence-corrected chi connectivity index (χ3v) is 4.14. The van der Waals surface area contributed by atoms with Crippen LogP contribution < -0.4 is 5.32 Å². The summed E-state index contributed by atoms with van der Waals surface area (Å²) in [6.45, 7) is 0. The zero-order chi connectivity index (χ0) is 21.4. The molecule has 0 saturated heterocycles. The lowest BCUT2D eigenvalue weighted by atomic mass is 10.1. The minimum absolute atomic E-state index is 0.0728. The summed E-state index contributed by atoms with van der Waals surface area (Å²) in [4.78, 5) is 20.0. The van der Waals surface area contributed by atoms with E-state index < -0.39 is 30.3 Å². The smallest absolute Gasteiger partial charge is 0.275 e. The second-order valence-corrected chi connectivity index (χ2v) is 6.66. The van der Waals surface area contributed by atoms with Crippen molar-refractivity contribution >= 4 is 5.91 Å². The Hall–Kier alpha value is -2.47. The molecule has 10 heteroatoms. The van der Waals surface area contributed by atoms with E-state index in [1.807, 2.05) is 0 Å². The Morgan fingerprint density at radius 2 is 1.72 bits per heavy atom. The zero-order valence-corrected chi connectivity index (χ0v) is 15.6. The summed E-state index contributed by atoms with van der Waals surface area (Å²) in [5.41, 5.74) is 0.919. The maximum Gasteiger partial charge on any atom is 0.275 e. The van der Waals surface area contributed by atoms with Crippen molar-refractivity contribution in [2.45, 2.75) is 50.1 Å². The molecule has 29 heavy (non-hydrogen) atoms. The summed E-state index contributed by atoms with van der Waals surface area (Å²) in [5, 5.41) is 59.1. The van der Waals surface area contributed by atoms with Crippen molar-refractivity contribution in [2.75, 3.05) is 0 Å². The van der Waals surface area contributed by atoms with Gasteiger partial charge < -0.3 is 36.0 Å². The molecule has 0 aliphatic heterocycles. The summed E-state index contributed by atoms with van der Waals surface area (Å²) < 4.78 is 0. The molecule has 0 aliphatic rings. The van der Waals surface area contributed by atoms with Gasteiger partial charge >= 0.3 is 0 Å². The lowest BCUT2D eigenvalue weighted by Crippen LogP contribution is -2.38. The van der Waals surface area contributed by atoms with Crippen molar-refractivity contribution in [3.8, 4) is 0 Å². The Morgan fingerprint density at radius 3 is 2.31 bits per heavy atom. The van der Waals surface area contributed by atoms with E-state index in [0.717, 1.165) is 0 Å². The van der Waals surface area contributed by atoms with Crippen molar-refractivity contribution in [3.63, 3.8) is 0 Å². The fraction of sp³-hybridized carbons (Fsp3) is 0.421. The number of amides is 1. The summed E-state index contributed by atoms with van der Waals surface area (Å²) in [5.74, 6) is -3.24. The Morgan fingerprint density at radius 1 is 1.03 bits per heavy atom. The van der Waals surface area contributed by atoms with Crippen LogP contribution >= 0.6 is 0 Å². The van der Waals surface area contributed by atoms with Gasteiger partial charge in [0.2, 0.25) is 0 Å². The number of aliphatic hydroxyl groups is 6. The van der Waals surface area contributed by atoms with Crippen LogP contribution in [0.1, 0.15) is 47.1 Å². The molecule has 2 rings (SSSR count). The Balaban J connectivity index is 1.84. The van der Waals surface area contributed by atoms with E-state index in [9.17, 15) is 20.1 Å². The van der Waals surface area contributed by atoms with Crippen molar-refractivity contribution in [3.05, 3.63) is 59.7 Å². The highest BCUT2D eigenvalue weighted by atomic mass is 16.7. The first-order chi connectivity index (χ1) is 13.7. The molecule has 10 nitrogen and oxygen atoms in total. The maximum absolute atomic E-state index is 12.0. The first-order valence-corrected chi connectivity index (χ1v) is 9.04. The highest BCUT2D eigenvalue weighted by Gasteiger charge is 2.24. The molecular weight excluding hydrogens is 382 g/mol. The molecule has 0 spiro atoms. The van der Waals surface area contributed by atoms with Crippen LogP contribution in [0.4, 0.5) is 0 Å². The molecule has 0 radical (unpaired) electrons. The number of hydrogen-bond donors (Lipinski definition) is 7. The molecule has 1 aromatic heterocycles. The van der Waals surface area contributed by atoms with Crippen LogP contribution in [0.2, 0.25) is 0 Å². The molecule has 0 fully saturated rings. The number of nitrogens with one attached hydrogen (secondary N) is 1. The van der Waals surface area contributed by atoms with E-state index in [4.69, 9.17) is 15.3 Å². The van der Waals surface area contributed by atoms with Crippen LogP contribution in [0, 0.1) is 0 Å². The Bertz CT molecular complexity index is 766. The van der Waals surface area contributed by atoms with Gasteiger partial charge in [-0.2, -0.15) is 0 Å². The normalized spacial score (nSPS) is 14.8. The first-order valence-electron chi connectivity index (χ1n) is 9.04. The number of rotatable bonds is 10. The van der Waals surface area contributed by atoms with Crippen LogP contribution in [0.3, 0.4) is 0 Å². The Kier molecular flexibility index (Phi) is 8.14. The number of carbonyl (C=O) groups is 1. The number of hydrogen-bond acceptors (Lipinski definition) is 9. The largest absolute Gasteiger partial charge is 0.390 e. The number of benzene rings is 1. The lowest BCUT2D eigenvalue weighted by Gasteiger charge is -2.21. The van der Waals surface area contributed by atoms with Crippen molar-refractivity contribution in [1.82, 2.24) is 15.3 Å². The molecule has 0 bridgehead atoms. The average molecular weight is 407 g/mol. The second kappa shape index (κ2) is 10.3. The summed E-state index contributed by atoms with van der Waals surface area (Å²) >= 11 is 0. The van der Waals surface area contributed by atoms with Crippen LogP contribution in [0.25, 0.3) is 0 Å². The monoisotopic (exact) mass is 407 g/mol. The average Bonchev–Trinajstić information content (AvgIpc) is 2.67. The van der Waals surface area contributed by atoms with Crippen molar-refractivity contribution in [2.24, 2.45) is 0 Å². The lowest BCUT2D eigenvalue weighted by molar-refractivity contribution is -0.314. The van der Waals surface area contributed by atoms with Crippen LogP contribution in [-0.2, 0) is 6.42 Å². The van der Waals surface area contributed by atoms with E-state index in [1.54, 1.807) is 30.3 Å². The van der Waals surface area contributed by atoms with E-state index >= 15 is 0 Å². The summed E-state index contributed by atoms with van der Waals surface area (Å²) in [6.07, 6.45) is -1.63. The van der Waals surface area contributed by atoms with E-state index in [0.29, 0.717) is 17.7 Å². The minimum Gasteiger partial charge on any atom is -0.390 e. The number of nitrogens with zero attached hydrogens (tertiary/aromatic N) is 2. The summed E-state index contributed by atoms with van der Waals surface area (Å²) in [7, 11) is 0. The van der Waals surface area contributed by atoms with Crippen LogP contribution in [-0.4, -0.2) is 64.8 Å². The molecule has 7 N–H and O–H groups in total. The first kappa shape index (κ1) is 22.8. The van der Waals surface area contributed by atoms with E-state index in [2.05, 4.69) is 15.3 Å². The Labute approximate surface area is 167 Å².